The summed E-state index contributed by atoms with van der Waals surface area (Å²) in [6.45, 7) is 0.482. The maximum atomic E-state index is 13.2. The van der Waals surface area contributed by atoms with Gasteiger partial charge in [0.05, 0.1) is 16.8 Å². The molecule has 0 aliphatic carbocycles. The van der Waals surface area contributed by atoms with Gasteiger partial charge in [-0.1, -0.05) is 6.07 Å². The Morgan fingerprint density at radius 2 is 1.15 bits per heavy atom. The number of carbonyl (C=O) groups is 2. The molecule has 2 aromatic carbocycles. The quantitative estimate of drug-likeness (QED) is 0.386. The molecule has 11 heteroatoms. The molecular weight excluding hydrogens is 464 g/mol. The number of amides is 2. The van der Waals surface area contributed by atoms with Gasteiger partial charge in [0, 0.05) is 28.7 Å². The van der Waals surface area contributed by atoms with Crippen molar-refractivity contribution >= 4 is 23.2 Å². The number of halogens is 6. The van der Waals surface area contributed by atoms with Crippen LogP contribution < -0.4 is 9.80 Å². The topological polar surface area (TPSA) is 53.0 Å². The van der Waals surface area contributed by atoms with Gasteiger partial charge >= 0.3 is 12.4 Å². The number of aromatic nitrogens is 1. The van der Waals surface area contributed by atoms with Gasteiger partial charge in [0.1, 0.15) is 13.1 Å². The fourth-order valence-electron chi connectivity index (χ4n) is 3.58. The van der Waals surface area contributed by atoms with Gasteiger partial charge in [-0.25, -0.2) is 0 Å². The van der Waals surface area contributed by atoms with Gasteiger partial charge in [0.15, 0.2) is 0 Å². The minimum absolute atomic E-state index is 0.0634. The lowest BCUT2D eigenvalue weighted by atomic mass is 10.0. The molecule has 2 aliphatic rings. The summed E-state index contributed by atoms with van der Waals surface area (Å²) in [5, 5.41) is 0. The Bertz CT molecular complexity index is 1260. The second kappa shape index (κ2) is 7.31. The van der Waals surface area contributed by atoms with Crippen molar-refractivity contribution in [1.82, 2.24) is 4.98 Å². The number of nitrogens with zero attached hydrogens (tertiary/aromatic N) is 3. The van der Waals surface area contributed by atoms with Crippen LogP contribution in [0.15, 0.2) is 54.7 Å². The first kappa shape index (κ1) is 21.9. The minimum Gasteiger partial charge on any atom is -0.301 e. The van der Waals surface area contributed by atoms with E-state index >= 15 is 0 Å². The van der Waals surface area contributed by atoms with Gasteiger partial charge in [-0.05, 0) is 48.0 Å². The number of benzene rings is 2. The fourth-order valence-corrected chi connectivity index (χ4v) is 3.58. The number of anilines is 2. The number of rotatable bonds is 4. The second-order valence-corrected chi connectivity index (χ2v) is 7.92. The maximum absolute atomic E-state index is 13.2. The van der Waals surface area contributed by atoms with Crippen LogP contribution >= 0.6 is 0 Å². The van der Waals surface area contributed by atoms with Crippen LogP contribution in [0.5, 0.6) is 0 Å². The van der Waals surface area contributed by atoms with Gasteiger partial charge in [-0.3, -0.25) is 14.6 Å². The lowest BCUT2D eigenvalue weighted by molar-refractivity contribution is -0.143. The van der Waals surface area contributed by atoms with Gasteiger partial charge in [-0.15, -0.1) is 0 Å². The molecule has 34 heavy (non-hydrogen) atoms. The molecule has 2 fully saturated rings. The van der Waals surface area contributed by atoms with Crippen LogP contribution in [-0.2, 0) is 21.9 Å². The summed E-state index contributed by atoms with van der Waals surface area (Å²) in [6, 6.07) is 9.23. The first-order valence-electron chi connectivity index (χ1n) is 9.92. The van der Waals surface area contributed by atoms with Crippen LogP contribution in [0, 0.1) is 0 Å². The molecule has 0 bridgehead atoms. The fraction of sp³-hybridized carbons (Fsp3) is 0.174. The van der Waals surface area contributed by atoms with Crippen LogP contribution in [0.1, 0.15) is 11.1 Å². The predicted molar refractivity (Wildman–Crippen MR) is 110 cm³/mol. The van der Waals surface area contributed by atoms with Crippen molar-refractivity contribution in [2.75, 3.05) is 22.9 Å². The number of pyridine rings is 1. The van der Waals surface area contributed by atoms with Crippen LogP contribution in [0.4, 0.5) is 37.7 Å². The van der Waals surface area contributed by atoms with Crippen molar-refractivity contribution in [2.24, 2.45) is 0 Å². The third-order valence-electron chi connectivity index (χ3n) is 5.49. The highest BCUT2D eigenvalue weighted by molar-refractivity contribution is 6.15. The molecule has 3 aromatic rings. The average molecular weight is 477 g/mol. The Morgan fingerprint density at radius 1 is 0.647 bits per heavy atom. The van der Waals surface area contributed by atoms with E-state index in [4.69, 9.17) is 0 Å². The zero-order valence-electron chi connectivity index (χ0n) is 17.0. The molecule has 1 aromatic heterocycles. The SMILES string of the molecule is O=C1CN1c1cc(-c2ccc(-c3cc(C(F)(F)F)cc(C(F)(F)F)c3)nc2)cc(N2CC2=O)c1. The lowest BCUT2D eigenvalue weighted by Gasteiger charge is -2.14. The second-order valence-electron chi connectivity index (χ2n) is 7.92. The van der Waals surface area contributed by atoms with E-state index in [9.17, 15) is 35.9 Å². The Morgan fingerprint density at radius 3 is 1.53 bits per heavy atom. The van der Waals surface area contributed by atoms with E-state index in [0.29, 0.717) is 34.6 Å². The van der Waals surface area contributed by atoms with Crippen molar-refractivity contribution in [3.05, 3.63) is 65.9 Å². The molecule has 2 saturated heterocycles. The molecule has 2 amide bonds. The third kappa shape index (κ3) is 4.20. The Hall–Kier alpha value is -3.89. The number of hydrogen-bond donors (Lipinski definition) is 0. The molecule has 0 radical (unpaired) electrons. The van der Waals surface area contributed by atoms with Gasteiger partial charge < -0.3 is 9.80 Å². The monoisotopic (exact) mass is 477 g/mol. The standard InChI is InChI=1S/C23H13F6N3O2/c24-22(25,26)15-3-14(4-16(7-15)23(27,28)29)19-2-1-12(9-30-19)13-5-17(31-10-20(31)33)8-18(6-13)32-11-21(32)34/h1-9H,10-11H2. The molecule has 3 heterocycles. The number of carbonyl (C=O) groups excluding carboxylic acids is 2. The summed E-state index contributed by atoms with van der Waals surface area (Å²) in [7, 11) is 0. The van der Waals surface area contributed by atoms with Crippen molar-refractivity contribution < 1.29 is 35.9 Å². The van der Waals surface area contributed by atoms with Gasteiger partial charge in [0.2, 0.25) is 11.8 Å². The molecule has 5 rings (SSSR count). The van der Waals surface area contributed by atoms with E-state index in [1.807, 2.05) is 0 Å². The van der Waals surface area contributed by atoms with E-state index in [1.165, 1.54) is 28.1 Å². The highest BCUT2D eigenvalue weighted by Crippen LogP contribution is 2.39. The summed E-state index contributed by atoms with van der Waals surface area (Å²) < 4.78 is 79.0. The van der Waals surface area contributed by atoms with Crippen LogP contribution in [0.25, 0.3) is 22.4 Å². The lowest BCUT2D eigenvalue weighted by Crippen LogP contribution is -2.11. The smallest absolute Gasteiger partial charge is 0.301 e. The molecule has 5 nitrogen and oxygen atoms in total. The Kier molecular flexibility index (Phi) is 4.71. The van der Waals surface area contributed by atoms with Gasteiger partial charge in [-0.2, -0.15) is 26.3 Å². The largest absolute Gasteiger partial charge is 0.416 e. The van der Waals surface area contributed by atoms with Crippen molar-refractivity contribution in [3.8, 4) is 22.4 Å². The van der Waals surface area contributed by atoms with E-state index in [-0.39, 0.29) is 42.2 Å². The Balaban J connectivity index is 1.53. The number of alkyl halides is 6. The third-order valence-corrected chi connectivity index (χ3v) is 5.49. The molecule has 0 unspecified atom stereocenters. The maximum Gasteiger partial charge on any atom is 0.416 e. The first-order valence-corrected chi connectivity index (χ1v) is 9.92. The molecule has 0 atom stereocenters. The highest BCUT2D eigenvalue weighted by atomic mass is 19.4. The summed E-state index contributed by atoms with van der Waals surface area (Å²) >= 11 is 0. The van der Waals surface area contributed by atoms with Crippen molar-refractivity contribution in [3.63, 3.8) is 0 Å². The van der Waals surface area contributed by atoms with Crippen LogP contribution in [0.2, 0.25) is 0 Å². The minimum atomic E-state index is -4.96. The predicted octanol–water partition coefficient (Wildman–Crippen LogP) is 5.15. The van der Waals surface area contributed by atoms with E-state index in [2.05, 4.69) is 4.98 Å². The van der Waals surface area contributed by atoms with Gasteiger partial charge in [0.25, 0.3) is 0 Å². The zero-order chi connectivity index (χ0) is 24.4. The first-order chi connectivity index (χ1) is 15.9. The summed E-state index contributed by atoms with van der Waals surface area (Å²) in [6.07, 6.45) is -8.60. The molecule has 0 spiro atoms. The molecule has 174 valence electrons. The van der Waals surface area contributed by atoms with Crippen molar-refractivity contribution in [2.45, 2.75) is 12.4 Å². The van der Waals surface area contributed by atoms with Crippen molar-refractivity contribution in [1.29, 1.82) is 0 Å². The van der Waals surface area contributed by atoms with E-state index in [1.54, 1.807) is 18.2 Å². The zero-order valence-corrected chi connectivity index (χ0v) is 17.0. The number of hydrogen-bond acceptors (Lipinski definition) is 3. The van der Waals surface area contributed by atoms with E-state index in [0.717, 1.165) is 0 Å². The summed E-state index contributed by atoms with van der Waals surface area (Å²) in [5.41, 5.74) is -0.988. The molecule has 0 saturated carbocycles. The molecule has 0 N–H and O–H groups in total. The van der Waals surface area contributed by atoms with E-state index < -0.39 is 23.5 Å². The summed E-state index contributed by atoms with van der Waals surface area (Å²) in [4.78, 5) is 30.2. The molecular formula is C23H13F6N3O2. The normalized spacial score (nSPS) is 15.7. The summed E-state index contributed by atoms with van der Waals surface area (Å²) in [5.74, 6) is -0.169. The molecule has 2 aliphatic heterocycles. The highest BCUT2D eigenvalue weighted by Gasteiger charge is 2.38. The van der Waals surface area contributed by atoms with Crippen LogP contribution in [-0.4, -0.2) is 29.9 Å². The van der Waals surface area contributed by atoms with Crippen LogP contribution in [0.3, 0.4) is 0 Å². The Labute approximate surface area is 188 Å². The average Bonchev–Trinajstić information content (AvgIpc) is 3.69.